The Kier molecular flexibility index (Phi) is 14.0. The predicted octanol–water partition coefficient (Wildman–Crippen LogP) is 5.63. The standard InChI is InChI=1S/C22H38O7S2/c23-30(24,25)20-16-11-9-7-5-3-1-2-4-6-8-10-15-19-22(31(26,27)28)29-21-17-13-12-14-18-21/h12-14,17-18,22H,1-11,15-16,19-20H2,(H,23,24,25)(H,26,27,28). The molecule has 2 N–H and O–H groups in total. The van der Waals surface area contributed by atoms with E-state index in [0.717, 1.165) is 51.4 Å². The molecule has 0 fully saturated rings. The summed E-state index contributed by atoms with van der Waals surface area (Å²) in [4.78, 5) is 0. The Bertz CT molecular complexity index is 777. The van der Waals surface area contributed by atoms with Crippen LogP contribution in [-0.2, 0) is 20.2 Å². The molecule has 0 bridgehead atoms. The highest BCUT2D eigenvalue weighted by molar-refractivity contribution is 7.86. The van der Waals surface area contributed by atoms with E-state index in [4.69, 9.17) is 9.29 Å². The van der Waals surface area contributed by atoms with E-state index in [0.29, 0.717) is 18.6 Å². The summed E-state index contributed by atoms with van der Waals surface area (Å²) >= 11 is 0. The Labute approximate surface area is 188 Å². The highest BCUT2D eigenvalue weighted by Gasteiger charge is 2.24. The van der Waals surface area contributed by atoms with Gasteiger partial charge in [-0.05, 0) is 25.0 Å². The topological polar surface area (TPSA) is 118 Å². The third-order valence-electron chi connectivity index (χ3n) is 5.19. The van der Waals surface area contributed by atoms with Gasteiger partial charge in [-0.25, -0.2) is 0 Å². The first-order chi connectivity index (χ1) is 14.7. The highest BCUT2D eigenvalue weighted by Crippen LogP contribution is 2.19. The second kappa shape index (κ2) is 15.6. The quantitative estimate of drug-likeness (QED) is 0.195. The number of hydrogen-bond donors (Lipinski definition) is 2. The molecule has 0 radical (unpaired) electrons. The minimum atomic E-state index is -4.25. The van der Waals surface area contributed by atoms with E-state index >= 15 is 0 Å². The molecule has 7 nitrogen and oxygen atoms in total. The van der Waals surface area contributed by atoms with Gasteiger partial charge in [-0.15, -0.1) is 0 Å². The van der Waals surface area contributed by atoms with Gasteiger partial charge in [0.2, 0.25) is 5.44 Å². The monoisotopic (exact) mass is 478 g/mol. The fourth-order valence-electron chi connectivity index (χ4n) is 3.46. The van der Waals surface area contributed by atoms with Crippen molar-refractivity contribution in [1.82, 2.24) is 0 Å². The molecule has 1 atom stereocenters. The summed E-state index contributed by atoms with van der Waals surface area (Å²) in [7, 11) is -8.06. The number of unbranched alkanes of at least 4 members (excludes halogenated alkanes) is 12. The number of benzene rings is 1. The fraction of sp³-hybridized carbons (Fsp3) is 0.727. The van der Waals surface area contributed by atoms with Crippen molar-refractivity contribution in [2.24, 2.45) is 0 Å². The van der Waals surface area contributed by atoms with E-state index in [1.165, 1.54) is 19.3 Å². The second-order valence-electron chi connectivity index (χ2n) is 8.05. The van der Waals surface area contributed by atoms with Crippen molar-refractivity contribution in [2.75, 3.05) is 5.75 Å². The zero-order valence-corrected chi connectivity index (χ0v) is 20.0. The van der Waals surface area contributed by atoms with Crippen LogP contribution in [0.5, 0.6) is 5.75 Å². The van der Waals surface area contributed by atoms with E-state index in [9.17, 15) is 21.4 Å². The van der Waals surface area contributed by atoms with Crippen LogP contribution in [0.3, 0.4) is 0 Å². The Morgan fingerprint density at radius 2 is 1.06 bits per heavy atom. The molecule has 1 rings (SSSR count). The van der Waals surface area contributed by atoms with Gasteiger partial charge in [-0.3, -0.25) is 9.11 Å². The molecule has 31 heavy (non-hydrogen) atoms. The molecule has 1 aromatic carbocycles. The Morgan fingerprint density at radius 3 is 1.48 bits per heavy atom. The van der Waals surface area contributed by atoms with Crippen LogP contribution in [0.1, 0.15) is 89.9 Å². The molecular formula is C22H38O7S2. The summed E-state index contributed by atoms with van der Waals surface area (Å²) < 4.78 is 67.8. The van der Waals surface area contributed by atoms with Crippen molar-refractivity contribution in [3.05, 3.63) is 30.3 Å². The van der Waals surface area contributed by atoms with E-state index < -0.39 is 25.7 Å². The molecular weight excluding hydrogens is 440 g/mol. The lowest BCUT2D eigenvalue weighted by atomic mass is 10.0. The summed E-state index contributed by atoms with van der Waals surface area (Å²) in [5.41, 5.74) is -1.22. The smallest absolute Gasteiger partial charge is 0.303 e. The van der Waals surface area contributed by atoms with Crippen molar-refractivity contribution in [2.45, 2.75) is 95.3 Å². The van der Waals surface area contributed by atoms with Gasteiger partial charge in [0.25, 0.3) is 10.1 Å². The maximum atomic E-state index is 11.5. The Morgan fingerprint density at radius 1 is 0.645 bits per heavy atom. The average Bonchev–Trinajstić information content (AvgIpc) is 2.69. The van der Waals surface area contributed by atoms with Crippen LogP contribution < -0.4 is 4.74 Å². The van der Waals surface area contributed by atoms with Crippen LogP contribution in [-0.4, -0.2) is 37.1 Å². The summed E-state index contributed by atoms with van der Waals surface area (Å²) in [5, 5.41) is 0. The lowest BCUT2D eigenvalue weighted by Crippen LogP contribution is -2.26. The summed E-state index contributed by atoms with van der Waals surface area (Å²) in [6, 6.07) is 8.66. The molecule has 0 aliphatic carbocycles. The van der Waals surface area contributed by atoms with Gasteiger partial charge in [0, 0.05) is 6.42 Å². The van der Waals surface area contributed by atoms with Crippen LogP contribution in [0.15, 0.2) is 30.3 Å². The molecule has 0 aromatic heterocycles. The van der Waals surface area contributed by atoms with Crippen molar-refractivity contribution >= 4 is 20.2 Å². The lowest BCUT2D eigenvalue weighted by molar-refractivity contribution is 0.242. The van der Waals surface area contributed by atoms with Gasteiger partial charge in [0.15, 0.2) is 0 Å². The van der Waals surface area contributed by atoms with Gasteiger partial charge in [0.1, 0.15) is 5.75 Å². The molecule has 1 aromatic rings. The first-order valence-corrected chi connectivity index (χ1v) is 14.4. The number of rotatable bonds is 19. The highest BCUT2D eigenvalue weighted by atomic mass is 32.2. The average molecular weight is 479 g/mol. The van der Waals surface area contributed by atoms with Crippen LogP contribution in [0.4, 0.5) is 0 Å². The summed E-state index contributed by atoms with van der Waals surface area (Å²) in [6.07, 6.45) is 13.4. The maximum Gasteiger partial charge on any atom is 0.303 e. The van der Waals surface area contributed by atoms with Crippen molar-refractivity contribution in [3.8, 4) is 5.75 Å². The van der Waals surface area contributed by atoms with Crippen LogP contribution in [0.25, 0.3) is 0 Å². The Balaban J connectivity index is 1.97. The van der Waals surface area contributed by atoms with Crippen LogP contribution >= 0.6 is 0 Å². The van der Waals surface area contributed by atoms with Crippen molar-refractivity contribution in [1.29, 1.82) is 0 Å². The normalized spacial score (nSPS) is 13.2. The van der Waals surface area contributed by atoms with Crippen LogP contribution in [0.2, 0.25) is 0 Å². The van der Waals surface area contributed by atoms with E-state index in [1.54, 1.807) is 24.3 Å². The summed E-state index contributed by atoms with van der Waals surface area (Å²) in [6.45, 7) is 0. The molecule has 9 heteroatoms. The number of para-hydroxylation sites is 1. The number of hydrogen-bond acceptors (Lipinski definition) is 5. The van der Waals surface area contributed by atoms with Gasteiger partial charge >= 0.3 is 10.1 Å². The molecule has 180 valence electrons. The largest absolute Gasteiger partial charge is 0.472 e. The lowest BCUT2D eigenvalue weighted by Gasteiger charge is -2.16. The zero-order valence-electron chi connectivity index (χ0n) is 18.3. The molecule has 0 saturated heterocycles. The van der Waals surface area contributed by atoms with E-state index in [2.05, 4.69) is 0 Å². The van der Waals surface area contributed by atoms with Crippen molar-refractivity contribution in [3.63, 3.8) is 0 Å². The third-order valence-corrected chi connectivity index (χ3v) is 6.99. The molecule has 0 amide bonds. The first kappa shape index (κ1) is 27.9. The van der Waals surface area contributed by atoms with Gasteiger partial charge in [-0.1, -0.05) is 88.8 Å². The zero-order chi connectivity index (χ0) is 23.0. The van der Waals surface area contributed by atoms with E-state index in [-0.39, 0.29) is 12.2 Å². The van der Waals surface area contributed by atoms with Crippen molar-refractivity contribution < 1.29 is 30.7 Å². The van der Waals surface area contributed by atoms with Gasteiger partial charge in [0.05, 0.1) is 5.75 Å². The first-order valence-electron chi connectivity index (χ1n) is 11.3. The number of ether oxygens (including phenoxy) is 1. The predicted molar refractivity (Wildman–Crippen MR) is 123 cm³/mol. The maximum absolute atomic E-state index is 11.5. The van der Waals surface area contributed by atoms with Gasteiger partial charge in [-0.2, -0.15) is 16.8 Å². The Hall–Kier alpha value is -1.16. The van der Waals surface area contributed by atoms with E-state index in [1.807, 2.05) is 6.07 Å². The molecule has 0 aliphatic heterocycles. The third kappa shape index (κ3) is 16.2. The fourth-order valence-corrected chi connectivity index (χ4v) is 4.73. The molecule has 0 saturated carbocycles. The molecule has 0 spiro atoms. The molecule has 1 unspecified atom stereocenters. The summed E-state index contributed by atoms with van der Waals surface area (Å²) in [5.74, 6) is 0.298. The minimum Gasteiger partial charge on any atom is -0.472 e. The van der Waals surface area contributed by atoms with Crippen LogP contribution in [0, 0.1) is 0 Å². The van der Waals surface area contributed by atoms with Gasteiger partial charge < -0.3 is 4.74 Å². The molecule has 0 aliphatic rings. The minimum absolute atomic E-state index is 0.135. The molecule has 0 heterocycles. The SMILES string of the molecule is O=S(=O)(O)CCCCCCCCCCCCCCCC(Oc1ccccc1)S(=O)(=O)O. The second-order valence-corrected chi connectivity index (χ2v) is 11.2.